The van der Waals surface area contributed by atoms with Gasteiger partial charge in [0.25, 0.3) is 0 Å². The average Bonchev–Trinajstić information content (AvgIpc) is 2.53. The molecule has 0 unspecified atom stereocenters. The molecule has 3 aromatic carbocycles. The summed E-state index contributed by atoms with van der Waals surface area (Å²) in [6.45, 7) is 8.78. The Labute approximate surface area is 147 Å². The van der Waals surface area contributed by atoms with Gasteiger partial charge in [0.05, 0.1) is 0 Å². The first-order chi connectivity index (χ1) is 11.0. The first kappa shape index (κ1) is 16.4. The standard InChI is InChI=1S/C8H9.2C7H7.Bi/c1-7-4-3-5-8(2)6-7;2*1-7-5-3-2-4-6-7;/h3-4,6H,1-2H3;2*3-6H,1H3;. The summed E-state index contributed by atoms with van der Waals surface area (Å²) in [4.78, 5) is 0. The third-order valence-corrected chi connectivity index (χ3v) is 14.3. The van der Waals surface area contributed by atoms with Gasteiger partial charge in [-0.1, -0.05) is 0 Å². The van der Waals surface area contributed by atoms with Crippen molar-refractivity contribution >= 4 is 31.6 Å². The van der Waals surface area contributed by atoms with Gasteiger partial charge in [-0.2, -0.15) is 0 Å². The third kappa shape index (κ3) is 3.73. The molecule has 0 aromatic heterocycles. The van der Waals surface area contributed by atoms with Gasteiger partial charge in [-0.15, -0.1) is 0 Å². The quantitative estimate of drug-likeness (QED) is 0.488. The molecule has 1 heteroatoms. The zero-order valence-corrected chi connectivity index (χ0v) is 17.8. The molecule has 0 radical (unpaired) electrons. The van der Waals surface area contributed by atoms with Crippen molar-refractivity contribution in [3.8, 4) is 0 Å². The first-order valence-electron chi connectivity index (χ1n) is 8.05. The summed E-state index contributed by atoms with van der Waals surface area (Å²) in [5, 5.41) is 0. The summed E-state index contributed by atoms with van der Waals surface area (Å²) in [7, 11) is 0. The minimum absolute atomic E-state index is 1.34. The van der Waals surface area contributed by atoms with Crippen molar-refractivity contribution in [2.45, 2.75) is 27.7 Å². The Bertz CT molecular complexity index is 753. The Morgan fingerprint density at radius 2 is 0.957 bits per heavy atom. The van der Waals surface area contributed by atoms with Crippen LogP contribution in [0.4, 0.5) is 0 Å². The molecule has 0 bridgehead atoms. The monoisotopic (exact) mass is 496 g/mol. The van der Waals surface area contributed by atoms with Gasteiger partial charge in [-0.3, -0.25) is 0 Å². The zero-order chi connectivity index (χ0) is 16.4. The van der Waals surface area contributed by atoms with E-state index in [1.54, 1.807) is 9.81 Å². The van der Waals surface area contributed by atoms with E-state index >= 15 is 0 Å². The maximum atomic E-state index is 2.38. The SMILES string of the molecule is Cc1cc[c]([Bi]([c]2ccc(C)cc2)[c]2ccc(C)cc2C)cc1. The Balaban J connectivity index is 2.16. The molecule has 0 saturated heterocycles. The molecule has 3 aromatic rings. The molecular weight excluding hydrogens is 473 g/mol. The topological polar surface area (TPSA) is 0 Å². The molecule has 0 aliphatic carbocycles. The average molecular weight is 496 g/mol. The van der Waals surface area contributed by atoms with Crippen LogP contribution in [0.25, 0.3) is 0 Å². The van der Waals surface area contributed by atoms with Gasteiger partial charge in [0.15, 0.2) is 0 Å². The van der Waals surface area contributed by atoms with E-state index in [2.05, 4.69) is 94.4 Å². The molecule has 116 valence electrons. The summed E-state index contributed by atoms with van der Waals surface area (Å²) in [5.74, 6) is 0. The molecular formula is C22H23Bi. The van der Waals surface area contributed by atoms with Crippen molar-refractivity contribution in [2.24, 2.45) is 0 Å². The Morgan fingerprint density at radius 1 is 0.522 bits per heavy atom. The van der Waals surface area contributed by atoms with Crippen LogP contribution in [0.5, 0.6) is 0 Å². The fraction of sp³-hybridized carbons (Fsp3) is 0.182. The third-order valence-electron chi connectivity index (χ3n) is 4.18. The molecule has 3 rings (SSSR count). The molecule has 0 nitrogen and oxygen atoms in total. The van der Waals surface area contributed by atoms with E-state index < -0.39 is 21.8 Å². The van der Waals surface area contributed by atoms with Gasteiger partial charge >= 0.3 is 148 Å². The Kier molecular flexibility index (Phi) is 4.97. The van der Waals surface area contributed by atoms with Crippen molar-refractivity contribution < 1.29 is 0 Å². The molecule has 0 aliphatic rings. The number of hydrogen-bond donors (Lipinski definition) is 0. The van der Waals surface area contributed by atoms with Crippen LogP contribution in [0, 0.1) is 27.7 Å². The van der Waals surface area contributed by atoms with Crippen LogP contribution in [-0.4, -0.2) is 21.8 Å². The summed E-state index contributed by atoms with van der Waals surface area (Å²) in [6, 6.07) is 25.4. The van der Waals surface area contributed by atoms with E-state index in [4.69, 9.17) is 0 Å². The van der Waals surface area contributed by atoms with Crippen LogP contribution >= 0.6 is 0 Å². The first-order valence-corrected chi connectivity index (χ1v) is 13.3. The summed E-state index contributed by atoms with van der Waals surface area (Å²) < 4.78 is 4.71. The van der Waals surface area contributed by atoms with Gasteiger partial charge in [0.2, 0.25) is 0 Å². The molecule has 0 fully saturated rings. The van der Waals surface area contributed by atoms with Gasteiger partial charge < -0.3 is 0 Å². The van der Waals surface area contributed by atoms with E-state index in [0.29, 0.717) is 0 Å². The molecule has 0 aliphatic heterocycles. The van der Waals surface area contributed by atoms with Crippen molar-refractivity contribution in [1.29, 1.82) is 0 Å². The van der Waals surface area contributed by atoms with Crippen molar-refractivity contribution in [1.82, 2.24) is 0 Å². The predicted molar refractivity (Wildman–Crippen MR) is 103 cm³/mol. The van der Waals surface area contributed by atoms with E-state index in [0.717, 1.165) is 0 Å². The van der Waals surface area contributed by atoms with Crippen LogP contribution in [0.2, 0.25) is 0 Å². The maximum absolute atomic E-state index is 2.38. The Hall–Kier alpha value is -1.46. The Morgan fingerprint density at radius 3 is 1.39 bits per heavy atom. The summed E-state index contributed by atoms with van der Waals surface area (Å²) >= 11 is -2.20. The molecule has 0 N–H and O–H groups in total. The number of hydrogen-bond acceptors (Lipinski definition) is 0. The molecule has 0 saturated carbocycles. The van der Waals surface area contributed by atoms with Crippen molar-refractivity contribution in [2.75, 3.05) is 0 Å². The van der Waals surface area contributed by atoms with Gasteiger partial charge in [-0.05, 0) is 0 Å². The molecule has 0 amide bonds. The van der Waals surface area contributed by atoms with Crippen molar-refractivity contribution in [3.05, 3.63) is 89.0 Å². The van der Waals surface area contributed by atoms with Crippen LogP contribution in [0.15, 0.2) is 66.7 Å². The van der Waals surface area contributed by atoms with Crippen LogP contribution in [-0.2, 0) is 0 Å². The molecule has 0 atom stereocenters. The minimum atomic E-state index is -2.20. The van der Waals surface area contributed by atoms with E-state index in [1.807, 2.05) is 0 Å². The predicted octanol–water partition coefficient (Wildman–Crippen LogP) is 3.44. The van der Waals surface area contributed by atoms with E-state index in [9.17, 15) is 0 Å². The van der Waals surface area contributed by atoms with E-state index in [1.165, 1.54) is 22.3 Å². The van der Waals surface area contributed by atoms with Crippen LogP contribution in [0.1, 0.15) is 22.3 Å². The van der Waals surface area contributed by atoms with Gasteiger partial charge in [0, 0.05) is 0 Å². The molecule has 23 heavy (non-hydrogen) atoms. The van der Waals surface area contributed by atoms with Crippen LogP contribution in [0.3, 0.4) is 0 Å². The molecule has 0 spiro atoms. The second-order valence-corrected chi connectivity index (χ2v) is 14.8. The van der Waals surface area contributed by atoms with Gasteiger partial charge in [-0.25, -0.2) is 0 Å². The van der Waals surface area contributed by atoms with Crippen LogP contribution < -0.4 is 9.81 Å². The second-order valence-electron chi connectivity index (χ2n) is 6.30. The van der Waals surface area contributed by atoms with Crippen molar-refractivity contribution in [3.63, 3.8) is 0 Å². The second kappa shape index (κ2) is 6.97. The number of benzene rings is 3. The zero-order valence-electron chi connectivity index (χ0n) is 14.3. The van der Waals surface area contributed by atoms with E-state index in [-0.39, 0.29) is 0 Å². The normalized spacial score (nSPS) is 11.0. The summed E-state index contributed by atoms with van der Waals surface area (Å²) in [6.07, 6.45) is 0. The fourth-order valence-electron chi connectivity index (χ4n) is 2.87. The van der Waals surface area contributed by atoms with Gasteiger partial charge in [0.1, 0.15) is 0 Å². The fourth-order valence-corrected chi connectivity index (χ4v) is 12.2. The number of rotatable bonds is 3. The number of aryl methyl sites for hydroxylation is 4. The molecule has 0 heterocycles. The summed E-state index contributed by atoms with van der Waals surface area (Å²) in [5.41, 5.74) is 5.47.